The van der Waals surface area contributed by atoms with Crippen molar-refractivity contribution in [2.75, 3.05) is 6.54 Å². The largest absolute Gasteiger partial charge is 0.361 e. The lowest BCUT2D eigenvalue weighted by molar-refractivity contribution is -0.135. The summed E-state index contributed by atoms with van der Waals surface area (Å²) in [5.41, 5.74) is 2.92. The van der Waals surface area contributed by atoms with E-state index in [1.165, 1.54) is 5.56 Å². The minimum absolute atomic E-state index is 0.0922. The number of rotatable bonds is 5. The molecule has 1 aromatic heterocycles. The smallest absolute Gasteiger partial charge is 0.252 e. The second-order valence-corrected chi connectivity index (χ2v) is 7.79. The van der Waals surface area contributed by atoms with Gasteiger partial charge in [0.15, 0.2) is 0 Å². The second kappa shape index (κ2) is 8.52. The van der Waals surface area contributed by atoms with E-state index in [0.29, 0.717) is 24.4 Å². The first kappa shape index (κ1) is 19.2. The number of benzene rings is 2. The number of nitrogens with one attached hydrogen (secondary N) is 2. The van der Waals surface area contributed by atoms with Gasteiger partial charge in [0.05, 0.1) is 0 Å². The van der Waals surface area contributed by atoms with Crippen LogP contribution in [-0.4, -0.2) is 34.4 Å². The molecule has 3 aromatic rings. The lowest BCUT2D eigenvalue weighted by Gasteiger charge is -2.40. The molecule has 2 amide bonds. The van der Waals surface area contributed by atoms with Crippen LogP contribution >= 0.6 is 0 Å². The van der Waals surface area contributed by atoms with Crippen molar-refractivity contribution in [3.8, 4) is 0 Å². The summed E-state index contributed by atoms with van der Waals surface area (Å²) in [7, 11) is 0. The maximum Gasteiger partial charge on any atom is 0.252 e. The van der Waals surface area contributed by atoms with Crippen molar-refractivity contribution in [2.24, 2.45) is 5.92 Å². The van der Waals surface area contributed by atoms with E-state index in [4.69, 9.17) is 0 Å². The highest BCUT2D eigenvalue weighted by Gasteiger charge is 2.32. The number of H-pyrrole nitrogens is 1. The molecule has 4 rings (SSSR count). The molecular formula is C24H27N3O2. The van der Waals surface area contributed by atoms with Crippen LogP contribution in [0.3, 0.4) is 0 Å². The molecule has 0 saturated carbocycles. The quantitative estimate of drug-likeness (QED) is 0.690. The summed E-state index contributed by atoms with van der Waals surface area (Å²) < 4.78 is 0. The zero-order valence-electron chi connectivity index (χ0n) is 16.7. The first-order valence-corrected chi connectivity index (χ1v) is 10.4. The zero-order chi connectivity index (χ0) is 20.2. The van der Waals surface area contributed by atoms with E-state index in [9.17, 15) is 9.59 Å². The van der Waals surface area contributed by atoms with Crippen molar-refractivity contribution in [1.82, 2.24) is 15.2 Å². The standard InChI is InChI=1S/C24H27N3O2/c1-2-23(28)27-13-11-18(14-17-6-4-3-5-7-17)15-22(27)26-24(29)20-8-9-21-19(16-20)10-12-25-21/h3-10,12,16,18,22,25H,2,11,13-15H2,1H3,(H,26,29). The first-order chi connectivity index (χ1) is 14.1. The Morgan fingerprint density at radius 3 is 2.76 bits per heavy atom. The molecule has 0 spiro atoms. The molecule has 1 saturated heterocycles. The van der Waals surface area contributed by atoms with E-state index in [1.807, 2.05) is 48.4 Å². The average molecular weight is 389 g/mol. The molecule has 5 heteroatoms. The summed E-state index contributed by atoms with van der Waals surface area (Å²) in [5.74, 6) is 0.401. The third-order valence-electron chi connectivity index (χ3n) is 5.81. The first-order valence-electron chi connectivity index (χ1n) is 10.4. The second-order valence-electron chi connectivity index (χ2n) is 7.79. The Balaban J connectivity index is 1.49. The summed E-state index contributed by atoms with van der Waals surface area (Å²) >= 11 is 0. The Bertz CT molecular complexity index is 996. The van der Waals surface area contributed by atoms with Gasteiger partial charge in [-0.25, -0.2) is 0 Å². The lowest BCUT2D eigenvalue weighted by atomic mass is 9.88. The maximum atomic E-state index is 12.9. The molecule has 1 fully saturated rings. The normalized spacial score (nSPS) is 19.3. The van der Waals surface area contributed by atoms with Gasteiger partial charge in [-0.15, -0.1) is 0 Å². The van der Waals surface area contributed by atoms with Crippen LogP contribution in [0.2, 0.25) is 0 Å². The van der Waals surface area contributed by atoms with Gasteiger partial charge < -0.3 is 15.2 Å². The van der Waals surface area contributed by atoms with E-state index < -0.39 is 0 Å². The summed E-state index contributed by atoms with van der Waals surface area (Å²) in [6, 6.07) is 18.0. The Hall–Kier alpha value is -3.08. The fourth-order valence-corrected chi connectivity index (χ4v) is 4.24. The minimum Gasteiger partial charge on any atom is -0.361 e. The number of nitrogens with zero attached hydrogens (tertiary/aromatic N) is 1. The number of carbonyl (C=O) groups is 2. The van der Waals surface area contributed by atoms with Crippen LogP contribution < -0.4 is 5.32 Å². The fourth-order valence-electron chi connectivity index (χ4n) is 4.24. The van der Waals surface area contributed by atoms with Gasteiger partial charge in [0.2, 0.25) is 5.91 Å². The van der Waals surface area contributed by atoms with Crippen molar-refractivity contribution < 1.29 is 9.59 Å². The molecule has 1 aliphatic heterocycles. The SMILES string of the molecule is CCC(=O)N1CCC(Cc2ccccc2)CC1NC(=O)c1ccc2[nH]ccc2c1. The molecule has 150 valence electrons. The number of amides is 2. The van der Waals surface area contributed by atoms with E-state index in [0.717, 1.165) is 30.2 Å². The van der Waals surface area contributed by atoms with Crippen molar-refractivity contribution in [3.05, 3.63) is 71.9 Å². The third-order valence-corrected chi connectivity index (χ3v) is 5.81. The lowest BCUT2D eigenvalue weighted by Crippen LogP contribution is -2.55. The van der Waals surface area contributed by atoms with Crippen LogP contribution in [0.5, 0.6) is 0 Å². The third kappa shape index (κ3) is 4.34. The number of aromatic nitrogens is 1. The predicted molar refractivity (Wildman–Crippen MR) is 114 cm³/mol. The number of fused-ring (bicyclic) bond motifs is 1. The molecule has 0 bridgehead atoms. The van der Waals surface area contributed by atoms with Gasteiger partial charge in [-0.05, 0) is 55.0 Å². The molecule has 2 aromatic carbocycles. The summed E-state index contributed by atoms with van der Waals surface area (Å²) in [5, 5.41) is 4.13. The molecule has 2 N–H and O–H groups in total. The van der Waals surface area contributed by atoms with Crippen molar-refractivity contribution >= 4 is 22.7 Å². The number of hydrogen-bond acceptors (Lipinski definition) is 2. The Morgan fingerprint density at radius 1 is 1.14 bits per heavy atom. The van der Waals surface area contributed by atoms with Crippen LogP contribution in [0.1, 0.15) is 42.1 Å². The molecule has 29 heavy (non-hydrogen) atoms. The molecule has 0 aliphatic carbocycles. The number of piperidine rings is 1. The molecule has 0 radical (unpaired) electrons. The zero-order valence-corrected chi connectivity index (χ0v) is 16.7. The van der Waals surface area contributed by atoms with Gasteiger partial charge in [-0.3, -0.25) is 9.59 Å². The molecular weight excluding hydrogens is 362 g/mol. The summed E-state index contributed by atoms with van der Waals surface area (Å²) in [4.78, 5) is 30.4. The van der Waals surface area contributed by atoms with Gasteiger partial charge in [0.1, 0.15) is 6.17 Å². The van der Waals surface area contributed by atoms with Crippen molar-refractivity contribution in [3.63, 3.8) is 0 Å². The maximum absolute atomic E-state index is 12.9. The van der Waals surface area contributed by atoms with Crippen LogP contribution in [0, 0.1) is 5.92 Å². The monoisotopic (exact) mass is 389 g/mol. The number of hydrogen-bond donors (Lipinski definition) is 2. The highest BCUT2D eigenvalue weighted by Crippen LogP contribution is 2.26. The minimum atomic E-state index is -0.265. The van der Waals surface area contributed by atoms with Crippen LogP contribution in [-0.2, 0) is 11.2 Å². The Labute approximate surface area is 171 Å². The van der Waals surface area contributed by atoms with Crippen LogP contribution in [0.25, 0.3) is 10.9 Å². The number of aromatic amines is 1. The summed E-state index contributed by atoms with van der Waals surface area (Å²) in [6.07, 6.45) is 4.76. The van der Waals surface area contributed by atoms with Gasteiger partial charge >= 0.3 is 0 Å². The van der Waals surface area contributed by atoms with E-state index >= 15 is 0 Å². The predicted octanol–water partition coefficient (Wildman–Crippen LogP) is 4.12. The average Bonchev–Trinajstić information content (AvgIpc) is 3.22. The molecule has 2 atom stereocenters. The van der Waals surface area contributed by atoms with E-state index in [-0.39, 0.29) is 18.0 Å². The molecule has 2 unspecified atom stereocenters. The van der Waals surface area contributed by atoms with Gasteiger partial charge in [-0.1, -0.05) is 37.3 Å². The molecule has 5 nitrogen and oxygen atoms in total. The Kier molecular flexibility index (Phi) is 5.65. The number of carbonyl (C=O) groups excluding carboxylic acids is 2. The van der Waals surface area contributed by atoms with E-state index in [2.05, 4.69) is 34.6 Å². The highest BCUT2D eigenvalue weighted by atomic mass is 16.2. The topological polar surface area (TPSA) is 65.2 Å². The van der Waals surface area contributed by atoms with Crippen LogP contribution in [0.4, 0.5) is 0 Å². The van der Waals surface area contributed by atoms with Gasteiger partial charge in [0, 0.05) is 35.6 Å². The van der Waals surface area contributed by atoms with Crippen molar-refractivity contribution in [2.45, 2.75) is 38.8 Å². The van der Waals surface area contributed by atoms with Crippen LogP contribution in [0.15, 0.2) is 60.8 Å². The number of likely N-dealkylation sites (tertiary alicyclic amines) is 1. The summed E-state index contributed by atoms with van der Waals surface area (Å²) in [6.45, 7) is 2.56. The van der Waals surface area contributed by atoms with Crippen molar-refractivity contribution in [1.29, 1.82) is 0 Å². The molecule has 1 aliphatic rings. The van der Waals surface area contributed by atoms with Gasteiger partial charge in [0.25, 0.3) is 5.91 Å². The Morgan fingerprint density at radius 2 is 1.97 bits per heavy atom. The molecule has 2 heterocycles. The fraction of sp³-hybridized carbons (Fsp3) is 0.333. The van der Waals surface area contributed by atoms with E-state index in [1.54, 1.807) is 0 Å². The highest BCUT2D eigenvalue weighted by molar-refractivity contribution is 5.98. The van der Waals surface area contributed by atoms with Gasteiger partial charge in [-0.2, -0.15) is 0 Å².